The Kier molecular flexibility index (Phi) is 7.32. The van der Waals surface area contributed by atoms with E-state index in [1.54, 1.807) is 30.7 Å². The Balaban J connectivity index is 1.29. The molecule has 168 valence electrons. The van der Waals surface area contributed by atoms with Crippen LogP contribution < -0.4 is 14.8 Å². The zero-order valence-electron chi connectivity index (χ0n) is 18.1. The number of nitrogens with zero attached hydrogens (tertiary/aromatic N) is 1. The van der Waals surface area contributed by atoms with Crippen LogP contribution in [0.25, 0.3) is 10.6 Å². The maximum Gasteiger partial charge on any atom is 0.270 e. The quantitative estimate of drug-likeness (QED) is 0.356. The van der Waals surface area contributed by atoms with E-state index < -0.39 is 0 Å². The normalized spacial score (nSPS) is 10.6. The van der Waals surface area contributed by atoms with Crippen LogP contribution in [0.2, 0.25) is 0 Å². The van der Waals surface area contributed by atoms with Gasteiger partial charge in [0.25, 0.3) is 5.91 Å². The molecule has 0 radical (unpaired) electrons. The molecular weight excluding hydrogens is 439 g/mol. The fraction of sp³-hybridized carbons (Fsp3) is 0.154. The van der Waals surface area contributed by atoms with Crippen molar-refractivity contribution in [1.82, 2.24) is 10.3 Å². The number of carbonyl (C=O) groups is 1. The summed E-state index contributed by atoms with van der Waals surface area (Å²) in [6.45, 7) is 0.677. The largest absolute Gasteiger partial charge is 0.497 e. The lowest BCUT2D eigenvalue weighted by atomic mass is 10.1. The van der Waals surface area contributed by atoms with E-state index in [1.807, 2.05) is 48.5 Å². The highest BCUT2D eigenvalue weighted by Crippen LogP contribution is 2.26. The SMILES string of the molecule is COc1ccc(CCNC(=O)c2csc(-c3ccc(OCc4ccccc4F)cc3)n2)cc1. The van der Waals surface area contributed by atoms with Gasteiger partial charge in [-0.05, 0) is 54.4 Å². The number of halogens is 1. The number of hydrogen-bond acceptors (Lipinski definition) is 5. The molecule has 3 aromatic carbocycles. The molecule has 0 aliphatic rings. The van der Waals surface area contributed by atoms with Crippen LogP contribution in [0.3, 0.4) is 0 Å². The van der Waals surface area contributed by atoms with Crippen molar-refractivity contribution in [3.05, 3.63) is 101 Å². The smallest absolute Gasteiger partial charge is 0.270 e. The minimum atomic E-state index is -0.285. The molecule has 0 aliphatic heterocycles. The first kappa shape index (κ1) is 22.5. The highest BCUT2D eigenvalue weighted by atomic mass is 32.1. The van der Waals surface area contributed by atoms with Crippen LogP contribution in [0.4, 0.5) is 4.39 Å². The third kappa shape index (κ3) is 5.96. The number of methoxy groups -OCH3 is 1. The maximum atomic E-state index is 13.7. The zero-order chi connectivity index (χ0) is 23.0. The number of aromatic nitrogens is 1. The highest BCUT2D eigenvalue weighted by Gasteiger charge is 2.12. The highest BCUT2D eigenvalue weighted by molar-refractivity contribution is 7.13. The van der Waals surface area contributed by atoms with Gasteiger partial charge in [-0.15, -0.1) is 11.3 Å². The average Bonchev–Trinajstić information content (AvgIpc) is 3.35. The van der Waals surface area contributed by atoms with Crippen molar-refractivity contribution in [3.8, 4) is 22.1 Å². The second-order valence-corrected chi connectivity index (χ2v) is 8.15. The van der Waals surface area contributed by atoms with Gasteiger partial charge >= 0.3 is 0 Å². The summed E-state index contributed by atoms with van der Waals surface area (Å²) in [7, 11) is 1.63. The third-order valence-electron chi connectivity index (χ3n) is 5.05. The van der Waals surface area contributed by atoms with E-state index in [9.17, 15) is 9.18 Å². The van der Waals surface area contributed by atoms with E-state index >= 15 is 0 Å². The molecule has 4 aromatic rings. The van der Waals surface area contributed by atoms with Crippen LogP contribution in [0.1, 0.15) is 21.6 Å². The summed E-state index contributed by atoms with van der Waals surface area (Å²) >= 11 is 1.41. The van der Waals surface area contributed by atoms with Gasteiger partial charge in [0.05, 0.1) is 7.11 Å². The fourth-order valence-electron chi connectivity index (χ4n) is 3.18. The number of thiazole rings is 1. The van der Waals surface area contributed by atoms with Crippen molar-refractivity contribution < 1.29 is 18.7 Å². The summed E-state index contributed by atoms with van der Waals surface area (Å²) in [6, 6.07) is 21.7. The van der Waals surface area contributed by atoms with Crippen LogP contribution in [-0.4, -0.2) is 24.5 Å². The predicted molar refractivity (Wildman–Crippen MR) is 127 cm³/mol. The average molecular weight is 463 g/mol. The van der Waals surface area contributed by atoms with Crippen LogP contribution >= 0.6 is 11.3 Å². The molecule has 0 saturated heterocycles. The Morgan fingerprint density at radius 2 is 1.73 bits per heavy atom. The van der Waals surface area contributed by atoms with Gasteiger partial charge in [0.2, 0.25) is 0 Å². The standard InChI is InChI=1S/C26H23FN2O3S/c1-31-21-10-6-18(7-11-21)14-15-28-25(30)24-17-33-26(29-24)19-8-12-22(13-9-19)32-16-20-4-2-3-5-23(20)27/h2-13,17H,14-16H2,1H3,(H,28,30). The summed E-state index contributed by atoms with van der Waals surface area (Å²) in [6.07, 6.45) is 0.723. The molecule has 0 unspecified atom stereocenters. The van der Waals surface area contributed by atoms with E-state index in [0.29, 0.717) is 23.6 Å². The first-order valence-corrected chi connectivity index (χ1v) is 11.3. The van der Waals surface area contributed by atoms with Crippen LogP contribution in [0, 0.1) is 5.82 Å². The molecule has 7 heteroatoms. The Bertz CT molecular complexity index is 1210. The van der Waals surface area contributed by atoms with Gasteiger partial charge < -0.3 is 14.8 Å². The monoisotopic (exact) mass is 462 g/mol. The number of ether oxygens (including phenoxy) is 2. The number of carbonyl (C=O) groups excluding carboxylic acids is 1. The fourth-order valence-corrected chi connectivity index (χ4v) is 3.99. The van der Waals surface area contributed by atoms with E-state index in [1.165, 1.54) is 17.4 Å². The first-order valence-electron chi connectivity index (χ1n) is 10.5. The molecule has 1 amide bonds. The van der Waals surface area contributed by atoms with Gasteiger partial charge in [-0.3, -0.25) is 4.79 Å². The molecule has 1 aromatic heterocycles. The minimum absolute atomic E-state index is 0.157. The number of benzene rings is 3. The summed E-state index contributed by atoms with van der Waals surface area (Å²) in [4.78, 5) is 16.9. The Hall–Kier alpha value is -3.71. The molecule has 0 aliphatic carbocycles. The molecule has 33 heavy (non-hydrogen) atoms. The van der Waals surface area contributed by atoms with E-state index in [0.717, 1.165) is 28.3 Å². The number of rotatable bonds is 9. The lowest BCUT2D eigenvalue weighted by Gasteiger charge is -2.07. The van der Waals surface area contributed by atoms with Crippen molar-refractivity contribution in [2.24, 2.45) is 0 Å². The van der Waals surface area contributed by atoms with Crippen molar-refractivity contribution >= 4 is 17.2 Å². The minimum Gasteiger partial charge on any atom is -0.497 e. The van der Waals surface area contributed by atoms with Gasteiger partial charge in [-0.25, -0.2) is 9.37 Å². The molecular formula is C26H23FN2O3S. The summed E-state index contributed by atoms with van der Waals surface area (Å²) < 4.78 is 24.5. The second kappa shape index (κ2) is 10.7. The molecule has 1 heterocycles. The molecule has 5 nitrogen and oxygen atoms in total. The van der Waals surface area contributed by atoms with Crippen LogP contribution in [-0.2, 0) is 13.0 Å². The van der Waals surface area contributed by atoms with E-state index in [-0.39, 0.29) is 18.3 Å². The number of nitrogens with one attached hydrogen (secondary N) is 1. The van der Waals surface area contributed by atoms with Gasteiger partial charge in [0.1, 0.15) is 34.6 Å². The first-order chi connectivity index (χ1) is 16.1. The Labute approximate surface area is 195 Å². The molecule has 1 N–H and O–H groups in total. The molecule has 0 atom stereocenters. The van der Waals surface area contributed by atoms with Crippen molar-refractivity contribution in [2.45, 2.75) is 13.0 Å². The Morgan fingerprint density at radius 1 is 1.00 bits per heavy atom. The number of amides is 1. The summed E-state index contributed by atoms with van der Waals surface area (Å²) in [5.74, 6) is 0.958. The van der Waals surface area contributed by atoms with Gasteiger partial charge in [0, 0.05) is 23.1 Å². The van der Waals surface area contributed by atoms with Crippen LogP contribution in [0.15, 0.2) is 78.2 Å². The summed E-state index contributed by atoms with van der Waals surface area (Å²) in [5.41, 5.74) is 2.90. The third-order valence-corrected chi connectivity index (χ3v) is 5.94. The molecule has 0 bridgehead atoms. The topological polar surface area (TPSA) is 60.5 Å². The number of hydrogen-bond donors (Lipinski definition) is 1. The van der Waals surface area contributed by atoms with Gasteiger partial charge in [0.15, 0.2) is 0 Å². The van der Waals surface area contributed by atoms with Crippen molar-refractivity contribution in [1.29, 1.82) is 0 Å². The van der Waals surface area contributed by atoms with Gasteiger partial charge in [-0.1, -0.05) is 30.3 Å². The van der Waals surface area contributed by atoms with Crippen molar-refractivity contribution in [3.63, 3.8) is 0 Å². The van der Waals surface area contributed by atoms with E-state index in [2.05, 4.69) is 10.3 Å². The summed E-state index contributed by atoms with van der Waals surface area (Å²) in [5, 5.41) is 5.41. The Morgan fingerprint density at radius 3 is 2.45 bits per heavy atom. The van der Waals surface area contributed by atoms with Crippen molar-refractivity contribution in [2.75, 3.05) is 13.7 Å². The van der Waals surface area contributed by atoms with E-state index in [4.69, 9.17) is 9.47 Å². The predicted octanol–water partition coefficient (Wildman–Crippen LogP) is 5.51. The molecule has 4 rings (SSSR count). The van der Waals surface area contributed by atoms with Crippen LogP contribution in [0.5, 0.6) is 11.5 Å². The lowest BCUT2D eigenvalue weighted by molar-refractivity contribution is 0.0950. The maximum absolute atomic E-state index is 13.7. The second-order valence-electron chi connectivity index (χ2n) is 7.30. The van der Waals surface area contributed by atoms with Gasteiger partial charge in [-0.2, -0.15) is 0 Å². The molecule has 0 saturated carbocycles. The zero-order valence-corrected chi connectivity index (χ0v) is 18.9. The molecule has 0 spiro atoms. The lowest BCUT2D eigenvalue weighted by Crippen LogP contribution is -2.25. The molecule has 0 fully saturated rings.